The summed E-state index contributed by atoms with van der Waals surface area (Å²) in [6, 6.07) is 8.20. The Kier molecular flexibility index (Phi) is 5.23. The second-order valence-electron chi connectivity index (χ2n) is 6.36. The lowest BCUT2D eigenvalue weighted by Crippen LogP contribution is -2.40. The number of nitrogens with one attached hydrogen (secondary N) is 2. The molecule has 4 heteroatoms. The minimum atomic E-state index is -0.364. The number of carbonyl (C=O) groups excluding carboxylic acids is 1. The Morgan fingerprint density at radius 2 is 2.10 bits per heavy atom. The summed E-state index contributed by atoms with van der Waals surface area (Å²) in [6.45, 7) is 6.60. The Bertz CT molecular complexity index is 487. The average Bonchev–Trinajstić information content (AvgIpc) is 2.75. The van der Waals surface area contributed by atoms with Crippen LogP contribution in [-0.4, -0.2) is 23.8 Å². The van der Waals surface area contributed by atoms with Gasteiger partial charge in [-0.05, 0) is 35.8 Å². The monoisotopic (exact) mass is 290 g/mol. The normalized spacial score (nSPS) is 22.0. The summed E-state index contributed by atoms with van der Waals surface area (Å²) in [4.78, 5) is 12.0. The maximum atomic E-state index is 12.0. The maximum Gasteiger partial charge on any atom is 0.315 e. The molecule has 3 atom stereocenters. The highest BCUT2D eigenvalue weighted by molar-refractivity contribution is 5.74. The molecule has 3 N–H and O–H groups in total. The number of carbonyl (C=O) groups is 1. The Hall–Kier alpha value is -1.55. The molecule has 1 aliphatic rings. The third-order valence-electron chi connectivity index (χ3n) is 4.28. The molecule has 0 saturated heterocycles. The fraction of sp³-hybridized carbons (Fsp3) is 0.588. The average molecular weight is 290 g/mol. The molecule has 2 rings (SSSR count). The molecule has 0 saturated carbocycles. The molecule has 0 bridgehead atoms. The first kappa shape index (κ1) is 15.8. The zero-order valence-corrected chi connectivity index (χ0v) is 13.1. The van der Waals surface area contributed by atoms with Crippen molar-refractivity contribution in [3.05, 3.63) is 35.4 Å². The van der Waals surface area contributed by atoms with Crippen LogP contribution in [0.4, 0.5) is 4.79 Å². The van der Waals surface area contributed by atoms with Crippen LogP contribution >= 0.6 is 0 Å². The molecule has 2 amide bonds. The number of fused-ring (bicyclic) bond motifs is 1. The van der Waals surface area contributed by atoms with Crippen molar-refractivity contribution in [3.8, 4) is 0 Å². The predicted molar refractivity (Wildman–Crippen MR) is 84.0 cm³/mol. The quantitative estimate of drug-likeness (QED) is 0.780. The van der Waals surface area contributed by atoms with Gasteiger partial charge in [-0.3, -0.25) is 0 Å². The number of benzene rings is 1. The SMILES string of the molecule is CC(C)C(O)CCNC(=O)NC1c2ccccc2CC1C. The van der Waals surface area contributed by atoms with Gasteiger partial charge in [-0.2, -0.15) is 0 Å². The largest absolute Gasteiger partial charge is 0.393 e. The van der Waals surface area contributed by atoms with Gasteiger partial charge >= 0.3 is 6.03 Å². The van der Waals surface area contributed by atoms with E-state index in [1.165, 1.54) is 11.1 Å². The lowest BCUT2D eigenvalue weighted by molar-refractivity contribution is 0.116. The molecule has 0 aromatic heterocycles. The van der Waals surface area contributed by atoms with Gasteiger partial charge in [-0.15, -0.1) is 0 Å². The summed E-state index contributed by atoms with van der Waals surface area (Å²) in [7, 11) is 0. The highest BCUT2D eigenvalue weighted by Gasteiger charge is 2.30. The Balaban J connectivity index is 1.83. The van der Waals surface area contributed by atoms with Crippen LogP contribution in [0, 0.1) is 11.8 Å². The van der Waals surface area contributed by atoms with Gasteiger partial charge in [-0.25, -0.2) is 4.79 Å². The molecule has 21 heavy (non-hydrogen) atoms. The van der Waals surface area contributed by atoms with Gasteiger partial charge in [-0.1, -0.05) is 45.0 Å². The van der Waals surface area contributed by atoms with Crippen molar-refractivity contribution < 1.29 is 9.90 Å². The van der Waals surface area contributed by atoms with E-state index < -0.39 is 0 Å². The van der Waals surface area contributed by atoms with Gasteiger partial charge in [0.05, 0.1) is 12.1 Å². The molecule has 1 aromatic carbocycles. The summed E-state index contributed by atoms with van der Waals surface area (Å²) < 4.78 is 0. The minimum Gasteiger partial charge on any atom is -0.393 e. The molecule has 3 unspecified atom stereocenters. The number of aliphatic hydroxyl groups is 1. The number of urea groups is 1. The van der Waals surface area contributed by atoms with Crippen LogP contribution < -0.4 is 10.6 Å². The molecule has 116 valence electrons. The van der Waals surface area contributed by atoms with E-state index in [0.29, 0.717) is 18.9 Å². The zero-order chi connectivity index (χ0) is 15.4. The van der Waals surface area contributed by atoms with Crippen molar-refractivity contribution in [1.82, 2.24) is 10.6 Å². The first-order valence-corrected chi connectivity index (χ1v) is 7.79. The predicted octanol–water partition coefficient (Wildman–Crippen LogP) is 2.63. The van der Waals surface area contributed by atoms with E-state index in [0.717, 1.165) is 6.42 Å². The van der Waals surface area contributed by atoms with Crippen molar-refractivity contribution in [2.75, 3.05) is 6.54 Å². The number of hydrogen-bond donors (Lipinski definition) is 3. The smallest absolute Gasteiger partial charge is 0.315 e. The molecule has 0 spiro atoms. The summed E-state index contributed by atoms with van der Waals surface area (Å²) in [5.74, 6) is 0.631. The second kappa shape index (κ2) is 6.94. The molecule has 4 nitrogen and oxygen atoms in total. The van der Waals surface area contributed by atoms with Crippen molar-refractivity contribution in [3.63, 3.8) is 0 Å². The van der Waals surface area contributed by atoms with Gasteiger partial charge < -0.3 is 15.7 Å². The topological polar surface area (TPSA) is 61.4 Å². The molecule has 0 aliphatic heterocycles. The third-order valence-corrected chi connectivity index (χ3v) is 4.28. The van der Waals surface area contributed by atoms with Crippen LogP contribution in [0.2, 0.25) is 0 Å². The van der Waals surface area contributed by atoms with Crippen LogP contribution in [0.3, 0.4) is 0 Å². The van der Waals surface area contributed by atoms with Crippen LogP contribution in [0.5, 0.6) is 0 Å². The van der Waals surface area contributed by atoms with Gasteiger partial charge in [0, 0.05) is 6.54 Å². The van der Waals surface area contributed by atoms with Crippen molar-refractivity contribution in [2.45, 2.75) is 45.8 Å². The van der Waals surface area contributed by atoms with Crippen molar-refractivity contribution >= 4 is 6.03 Å². The highest BCUT2D eigenvalue weighted by Crippen LogP contribution is 2.35. The van der Waals surface area contributed by atoms with Crippen molar-refractivity contribution in [2.24, 2.45) is 11.8 Å². The van der Waals surface area contributed by atoms with Gasteiger partial charge in [0.15, 0.2) is 0 Å². The van der Waals surface area contributed by atoms with E-state index in [1.807, 2.05) is 26.0 Å². The third kappa shape index (κ3) is 3.97. The second-order valence-corrected chi connectivity index (χ2v) is 6.36. The highest BCUT2D eigenvalue weighted by atomic mass is 16.3. The fourth-order valence-corrected chi connectivity index (χ4v) is 2.87. The zero-order valence-electron chi connectivity index (χ0n) is 13.1. The molecular weight excluding hydrogens is 264 g/mol. The summed E-state index contributed by atoms with van der Waals surface area (Å²) in [5.41, 5.74) is 2.55. The van der Waals surface area contributed by atoms with E-state index in [4.69, 9.17) is 0 Å². The van der Waals surface area contributed by atoms with E-state index >= 15 is 0 Å². The molecule has 0 radical (unpaired) electrons. The summed E-state index contributed by atoms with van der Waals surface area (Å²) in [5, 5.41) is 15.6. The van der Waals surface area contributed by atoms with E-state index in [9.17, 15) is 9.90 Å². The molecule has 1 aromatic rings. The van der Waals surface area contributed by atoms with E-state index in [-0.39, 0.29) is 24.1 Å². The molecular formula is C17H26N2O2. The van der Waals surface area contributed by atoms with Crippen LogP contribution in [0.1, 0.15) is 44.4 Å². The number of hydrogen-bond acceptors (Lipinski definition) is 2. The Morgan fingerprint density at radius 3 is 2.81 bits per heavy atom. The fourth-order valence-electron chi connectivity index (χ4n) is 2.87. The summed E-state index contributed by atoms with van der Waals surface area (Å²) in [6.07, 6.45) is 1.23. The van der Waals surface area contributed by atoms with Crippen molar-refractivity contribution in [1.29, 1.82) is 0 Å². The van der Waals surface area contributed by atoms with Gasteiger partial charge in [0.2, 0.25) is 0 Å². The van der Waals surface area contributed by atoms with Gasteiger partial charge in [0.1, 0.15) is 0 Å². The van der Waals surface area contributed by atoms with E-state index in [2.05, 4.69) is 29.7 Å². The van der Waals surface area contributed by atoms with Gasteiger partial charge in [0.25, 0.3) is 0 Å². The maximum absolute atomic E-state index is 12.0. The van der Waals surface area contributed by atoms with Crippen LogP contribution in [-0.2, 0) is 6.42 Å². The first-order valence-electron chi connectivity index (χ1n) is 7.79. The number of amides is 2. The Morgan fingerprint density at radius 1 is 1.38 bits per heavy atom. The summed E-state index contributed by atoms with van der Waals surface area (Å²) >= 11 is 0. The van der Waals surface area contributed by atoms with Crippen LogP contribution in [0.15, 0.2) is 24.3 Å². The molecule has 0 fully saturated rings. The van der Waals surface area contributed by atoms with Crippen LogP contribution in [0.25, 0.3) is 0 Å². The standard InChI is InChI=1S/C17H26N2O2/c1-11(2)15(20)8-9-18-17(21)19-16-12(3)10-13-6-4-5-7-14(13)16/h4-7,11-12,15-16,20H,8-10H2,1-3H3,(H2,18,19,21). The molecule has 0 heterocycles. The first-order chi connectivity index (χ1) is 9.99. The molecule has 1 aliphatic carbocycles. The lowest BCUT2D eigenvalue weighted by Gasteiger charge is -2.20. The Labute approximate surface area is 126 Å². The van der Waals surface area contributed by atoms with E-state index in [1.54, 1.807) is 0 Å². The lowest BCUT2D eigenvalue weighted by atomic mass is 10.0. The number of rotatable bonds is 5. The minimum absolute atomic E-state index is 0.0798. The number of aliphatic hydroxyl groups excluding tert-OH is 1.